The van der Waals surface area contributed by atoms with Crippen LogP contribution in [0.3, 0.4) is 0 Å². The van der Waals surface area contributed by atoms with E-state index in [0.717, 1.165) is 19.3 Å². The van der Waals surface area contributed by atoms with Crippen LogP contribution in [-0.2, 0) is 11.2 Å². The fourth-order valence-electron chi connectivity index (χ4n) is 1.64. The van der Waals surface area contributed by atoms with Crippen LogP contribution in [0.2, 0.25) is 0 Å². The highest BCUT2D eigenvalue weighted by atomic mass is 16.5. The molecule has 0 fully saturated rings. The van der Waals surface area contributed by atoms with E-state index in [4.69, 9.17) is 10.5 Å². The summed E-state index contributed by atoms with van der Waals surface area (Å²) in [5, 5.41) is 0. The van der Waals surface area contributed by atoms with E-state index in [1.807, 2.05) is 6.07 Å². The first-order valence-electron chi connectivity index (χ1n) is 5.54. The average molecular weight is 207 g/mol. The Labute approximate surface area is 92.4 Å². The monoisotopic (exact) mass is 207 g/mol. The molecule has 0 aromatic heterocycles. The molecule has 0 aliphatic rings. The minimum absolute atomic E-state index is 0.236. The minimum atomic E-state index is 0.236. The summed E-state index contributed by atoms with van der Waals surface area (Å²) in [5.41, 5.74) is 7.38. The zero-order chi connectivity index (χ0) is 11.1. The van der Waals surface area contributed by atoms with Crippen molar-refractivity contribution in [2.45, 2.75) is 38.3 Å². The van der Waals surface area contributed by atoms with Crippen molar-refractivity contribution in [3.8, 4) is 0 Å². The van der Waals surface area contributed by atoms with Crippen LogP contribution in [0.25, 0.3) is 0 Å². The van der Waals surface area contributed by atoms with E-state index < -0.39 is 0 Å². The van der Waals surface area contributed by atoms with Crippen molar-refractivity contribution in [2.75, 3.05) is 7.11 Å². The number of nitrogens with two attached hydrogens (primary N) is 1. The number of hydrogen-bond donors (Lipinski definition) is 1. The SMILES string of the molecule is COC(C)CC(N)CCc1ccccc1. The number of hydrogen-bond acceptors (Lipinski definition) is 2. The molecule has 2 N–H and O–H groups in total. The van der Waals surface area contributed by atoms with Gasteiger partial charge in [0.15, 0.2) is 0 Å². The zero-order valence-corrected chi connectivity index (χ0v) is 9.65. The van der Waals surface area contributed by atoms with Gasteiger partial charge in [-0.2, -0.15) is 0 Å². The van der Waals surface area contributed by atoms with Crippen LogP contribution in [-0.4, -0.2) is 19.3 Å². The molecule has 0 aliphatic carbocycles. The Morgan fingerprint density at radius 3 is 2.53 bits per heavy atom. The molecule has 0 aliphatic heterocycles. The molecular weight excluding hydrogens is 186 g/mol. The van der Waals surface area contributed by atoms with Gasteiger partial charge >= 0.3 is 0 Å². The molecule has 1 aromatic rings. The summed E-state index contributed by atoms with van der Waals surface area (Å²) in [6.07, 6.45) is 3.27. The zero-order valence-electron chi connectivity index (χ0n) is 9.65. The highest BCUT2D eigenvalue weighted by Gasteiger charge is 2.07. The molecule has 1 aromatic carbocycles. The van der Waals surface area contributed by atoms with Crippen LogP contribution in [0.15, 0.2) is 30.3 Å². The molecule has 2 unspecified atom stereocenters. The molecule has 2 atom stereocenters. The second kappa shape index (κ2) is 6.59. The predicted octanol–water partition coefficient (Wildman–Crippen LogP) is 2.37. The number of benzene rings is 1. The van der Waals surface area contributed by atoms with Crippen molar-refractivity contribution in [2.24, 2.45) is 5.73 Å². The van der Waals surface area contributed by atoms with Crippen molar-refractivity contribution in [3.05, 3.63) is 35.9 Å². The number of aryl methyl sites for hydroxylation is 1. The highest BCUT2D eigenvalue weighted by Crippen LogP contribution is 2.08. The second-order valence-corrected chi connectivity index (χ2v) is 4.07. The lowest BCUT2D eigenvalue weighted by Gasteiger charge is -2.15. The Morgan fingerprint density at radius 2 is 1.93 bits per heavy atom. The van der Waals surface area contributed by atoms with Crippen LogP contribution in [0.1, 0.15) is 25.3 Å². The smallest absolute Gasteiger partial charge is 0.0558 e. The Bertz CT molecular complexity index is 260. The van der Waals surface area contributed by atoms with Crippen LogP contribution in [0.5, 0.6) is 0 Å². The maximum absolute atomic E-state index is 6.02. The first kappa shape index (κ1) is 12.2. The van der Waals surface area contributed by atoms with E-state index in [-0.39, 0.29) is 12.1 Å². The van der Waals surface area contributed by atoms with E-state index in [2.05, 4.69) is 31.2 Å². The van der Waals surface area contributed by atoms with Crippen molar-refractivity contribution < 1.29 is 4.74 Å². The lowest BCUT2D eigenvalue weighted by Crippen LogP contribution is -2.26. The predicted molar refractivity (Wildman–Crippen MR) is 63.8 cm³/mol. The topological polar surface area (TPSA) is 35.2 Å². The number of rotatable bonds is 6. The molecule has 0 amide bonds. The maximum atomic E-state index is 6.02. The average Bonchev–Trinajstić information content (AvgIpc) is 2.27. The molecule has 2 nitrogen and oxygen atoms in total. The van der Waals surface area contributed by atoms with Crippen LogP contribution < -0.4 is 5.73 Å². The van der Waals surface area contributed by atoms with Gasteiger partial charge in [-0.1, -0.05) is 30.3 Å². The Balaban J connectivity index is 2.25. The van der Waals surface area contributed by atoms with Crippen LogP contribution >= 0.6 is 0 Å². The summed E-state index contributed by atoms with van der Waals surface area (Å²) < 4.78 is 5.19. The molecule has 0 heterocycles. The van der Waals surface area contributed by atoms with Gasteiger partial charge in [0.1, 0.15) is 0 Å². The van der Waals surface area contributed by atoms with Crippen LogP contribution in [0, 0.1) is 0 Å². The molecule has 1 rings (SSSR count). The molecule has 15 heavy (non-hydrogen) atoms. The third-order valence-corrected chi connectivity index (χ3v) is 2.68. The third-order valence-electron chi connectivity index (χ3n) is 2.68. The van der Waals surface area contributed by atoms with Gasteiger partial charge in [0.2, 0.25) is 0 Å². The number of methoxy groups -OCH3 is 1. The lowest BCUT2D eigenvalue weighted by atomic mass is 10.0. The lowest BCUT2D eigenvalue weighted by molar-refractivity contribution is 0.104. The Hall–Kier alpha value is -0.860. The maximum Gasteiger partial charge on any atom is 0.0558 e. The van der Waals surface area contributed by atoms with E-state index in [1.165, 1.54) is 5.56 Å². The van der Waals surface area contributed by atoms with Crippen molar-refractivity contribution in [1.82, 2.24) is 0 Å². The largest absolute Gasteiger partial charge is 0.382 e. The Morgan fingerprint density at radius 1 is 1.27 bits per heavy atom. The quantitative estimate of drug-likeness (QED) is 0.777. The van der Waals surface area contributed by atoms with E-state index in [0.29, 0.717) is 0 Å². The van der Waals surface area contributed by atoms with Gasteiger partial charge in [-0.25, -0.2) is 0 Å². The summed E-state index contributed by atoms with van der Waals surface area (Å²) in [4.78, 5) is 0. The van der Waals surface area contributed by atoms with Gasteiger partial charge in [-0.3, -0.25) is 0 Å². The molecule has 0 bridgehead atoms. The van der Waals surface area contributed by atoms with Gasteiger partial charge < -0.3 is 10.5 Å². The standard InChI is InChI=1S/C13H21NO/c1-11(15-2)10-13(14)9-8-12-6-4-3-5-7-12/h3-7,11,13H,8-10,14H2,1-2H3. The Kier molecular flexibility index (Phi) is 5.37. The molecule has 84 valence electrons. The first-order valence-corrected chi connectivity index (χ1v) is 5.54. The number of ether oxygens (including phenoxy) is 1. The normalized spacial score (nSPS) is 14.9. The summed E-state index contributed by atoms with van der Waals surface area (Å²) in [6, 6.07) is 10.7. The molecule has 2 heteroatoms. The highest BCUT2D eigenvalue weighted by molar-refractivity contribution is 5.14. The third kappa shape index (κ3) is 4.96. The summed E-state index contributed by atoms with van der Waals surface area (Å²) in [6.45, 7) is 2.06. The van der Waals surface area contributed by atoms with Gasteiger partial charge in [-0.15, -0.1) is 0 Å². The summed E-state index contributed by atoms with van der Waals surface area (Å²) >= 11 is 0. The van der Waals surface area contributed by atoms with E-state index >= 15 is 0 Å². The van der Waals surface area contributed by atoms with Gasteiger partial charge in [0.05, 0.1) is 6.10 Å². The van der Waals surface area contributed by atoms with Crippen molar-refractivity contribution in [1.29, 1.82) is 0 Å². The second-order valence-electron chi connectivity index (χ2n) is 4.07. The molecule has 0 saturated heterocycles. The molecular formula is C13H21NO. The van der Waals surface area contributed by atoms with Crippen LogP contribution in [0.4, 0.5) is 0 Å². The summed E-state index contributed by atoms with van der Waals surface area (Å²) in [5.74, 6) is 0. The summed E-state index contributed by atoms with van der Waals surface area (Å²) in [7, 11) is 1.73. The molecule has 0 spiro atoms. The van der Waals surface area contributed by atoms with E-state index in [1.54, 1.807) is 7.11 Å². The first-order chi connectivity index (χ1) is 7.22. The van der Waals surface area contributed by atoms with E-state index in [9.17, 15) is 0 Å². The van der Waals surface area contributed by atoms with Crippen molar-refractivity contribution in [3.63, 3.8) is 0 Å². The van der Waals surface area contributed by atoms with Gasteiger partial charge in [-0.05, 0) is 31.7 Å². The molecule has 0 saturated carbocycles. The fraction of sp³-hybridized carbons (Fsp3) is 0.538. The van der Waals surface area contributed by atoms with Gasteiger partial charge in [0, 0.05) is 13.2 Å². The fourth-order valence-corrected chi connectivity index (χ4v) is 1.64. The molecule has 0 radical (unpaired) electrons. The van der Waals surface area contributed by atoms with Crippen molar-refractivity contribution >= 4 is 0 Å². The minimum Gasteiger partial charge on any atom is -0.382 e. The van der Waals surface area contributed by atoms with Gasteiger partial charge in [0.25, 0.3) is 0 Å².